The molecule has 1 heterocycles. The predicted molar refractivity (Wildman–Crippen MR) is 86.2 cm³/mol. The standard InChI is InChI=1S/C16H23N3S/c1-4-17-15(12-16-18-10-11-19(16)3)13-6-8-14(9-7-13)20-5-2/h6-11,15,17H,4-5,12H2,1-3H3. The molecule has 1 aromatic heterocycles. The van der Waals surface area contributed by atoms with Crippen LogP contribution < -0.4 is 5.32 Å². The second kappa shape index (κ2) is 7.50. The van der Waals surface area contributed by atoms with E-state index in [-0.39, 0.29) is 0 Å². The van der Waals surface area contributed by atoms with Gasteiger partial charge in [0.2, 0.25) is 0 Å². The molecule has 1 unspecified atom stereocenters. The Bertz CT molecular complexity index is 519. The third kappa shape index (κ3) is 3.87. The molecule has 1 aromatic carbocycles. The van der Waals surface area contributed by atoms with E-state index in [1.165, 1.54) is 10.5 Å². The third-order valence-corrected chi connectivity index (χ3v) is 4.25. The van der Waals surface area contributed by atoms with Crippen molar-refractivity contribution in [3.05, 3.63) is 48.0 Å². The zero-order valence-corrected chi connectivity index (χ0v) is 13.3. The lowest BCUT2D eigenvalue weighted by Crippen LogP contribution is -2.24. The minimum atomic E-state index is 0.321. The first-order valence-electron chi connectivity index (χ1n) is 7.17. The summed E-state index contributed by atoms with van der Waals surface area (Å²) in [5.41, 5.74) is 1.33. The highest BCUT2D eigenvalue weighted by Gasteiger charge is 2.13. The highest BCUT2D eigenvalue weighted by Crippen LogP contribution is 2.22. The molecule has 0 amide bonds. The first kappa shape index (κ1) is 15.1. The van der Waals surface area contributed by atoms with Crippen LogP contribution in [0.4, 0.5) is 0 Å². The SMILES string of the molecule is CCNC(Cc1nccn1C)c1ccc(SCC)cc1. The van der Waals surface area contributed by atoms with Gasteiger partial charge in [-0.05, 0) is 30.0 Å². The van der Waals surface area contributed by atoms with Crippen molar-refractivity contribution in [1.82, 2.24) is 14.9 Å². The summed E-state index contributed by atoms with van der Waals surface area (Å²) in [7, 11) is 2.05. The van der Waals surface area contributed by atoms with Gasteiger partial charge in [0.15, 0.2) is 0 Å². The molecule has 3 nitrogen and oxygen atoms in total. The maximum Gasteiger partial charge on any atom is 0.110 e. The summed E-state index contributed by atoms with van der Waals surface area (Å²) in [4.78, 5) is 5.77. The van der Waals surface area contributed by atoms with E-state index in [2.05, 4.69) is 53.0 Å². The summed E-state index contributed by atoms with van der Waals surface area (Å²) >= 11 is 1.88. The summed E-state index contributed by atoms with van der Waals surface area (Å²) < 4.78 is 2.09. The van der Waals surface area contributed by atoms with Crippen LogP contribution in [0.1, 0.15) is 31.3 Å². The van der Waals surface area contributed by atoms with Gasteiger partial charge in [-0.3, -0.25) is 0 Å². The zero-order chi connectivity index (χ0) is 14.4. The predicted octanol–water partition coefficient (Wildman–Crippen LogP) is 3.43. The average molecular weight is 289 g/mol. The minimum absolute atomic E-state index is 0.321. The van der Waals surface area contributed by atoms with E-state index < -0.39 is 0 Å². The third-order valence-electron chi connectivity index (χ3n) is 3.35. The number of aromatic nitrogens is 2. The monoisotopic (exact) mass is 289 g/mol. The Morgan fingerprint density at radius 3 is 2.55 bits per heavy atom. The van der Waals surface area contributed by atoms with Crippen molar-refractivity contribution in [2.24, 2.45) is 7.05 Å². The number of nitrogens with one attached hydrogen (secondary N) is 1. The van der Waals surface area contributed by atoms with Gasteiger partial charge in [0, 0.05) is 36.8 Å². The molecule has 0 saturated carbocycles. The Morgan fingerprint density at radius 2 is 2.00 bits per heavy atom. The quantitative estimate of drug-likeness (QED) is 0.792. The normalized spacial score (nSPS) is 12.6. The molecule has 0 radical (unpaired) electrons. The van der Waals surface area contributed by atoms with Crippen molar-refractivity contribution < 1.29 is 0 Å². The molecule has 2 aromatic rings. The minimum Gasteiger partial charge on any atom is -0.338 e. The van der Waals surface area contributed by atoms with Gasteiger partial charge < -0.3 is 9.88 Å². The fourth-order valence-corrected chi connectivity index (χ4v) is 2.95. The molecule has 2 rings (SSSR count). The first-order valence-corrected chi connectivity index (χ1v) is 8.15. The van der Waals surface area contributed by atoms with Crippen molar-refractivity contribution in [2.45, 2.75) is 31.2 Å². The molecule has 108 valence electrons. The molecule has 1 N–H and O–H groups in total. The fourth-order valence-electron chi connectivity index (χ4n) is 2.29. The molecule has 0 aliphatic heterocycles. The average Bonchev–Trinajstić information content (AvgIpc) is 2.85. The van der Waals surface area contributed by atoms with Crippen LogP contribution in [0.25, 0.3) is 0 Å². The number of hydrogen-bond acceptors (Lipinski definition) is 3. The van der Waals surface area contributed by atoms with Crippen molar-refractivity contribution in [3.63, 3.8) is 0 Å². The number of nitrogens with zero attached hydrogens (tertiary/aromatic N) is 2. The number of benzene rings is 1. The highest BCUT2D eigenvalue weighted by atomic mass is 32.2. The van der Waals surface area contributed by atoms with Crippen molar-refractivity contribution >= 4 is 11.8 Å². The van der Waals surface area contributed by atoms with Gasteiger partial charge >= 0.3 is 0 Å². The lowest BCUT2D eigenvalue weighted by Gasteiger charge is -2.18. The number of thioether (sulfide) groups is 1. The van der Waals surface area contributed by atoms with Crippen LogP contribution in [0.2, 0.25) is 0 Å². The van der Waals surface area contributed by atoms with Gasteiger partial charge in [-0.25, -0.2) is 4.98 Å². The Morgan fingerprint density at radius 1 is 1.25 bits per heavy atom. The number of aryl methyl sites for hydroxylation is 1. The van der Waals surface area contributed by atoms with E-state index >= 15 is 0 Å². The molecule has 0 fully saturated rings. The summed E-state index contributed by atoms with van der Waals surface area (Å²) in [6, 6.07) is 9.21. The van der Waals surface area contributed by atoms with E-state index in [1.807, 2.05) is 31.2 Å². The van der Waals surface area contributed by atoms with E-state index in [0.717, 1.165) is 24.5 Å². The topological polar surface area (TPSA) is 29.9 Å². The van der Waals surface area contributed by atoms with Gasteiger partial charge in [0.1, 0.15) is 5.82 Å². The van der Waals surface area contributed by atoms with E-state index in [9.17, 15) is 0 Å². The van der Waals surface area contributed by atoms with Crippen LogP contribution >= 0.6 is 11.8 Å². The van der Waals surface area contributed by atoms with Crippen LogP contribution in [0.5, 0.6) is 0 Å². The van der Waals surface area contributed by atoms with Gasteiger partial charge in [0.05, 0.1) is 0 Å². The summed E-state index contributed by atoms with van der Waals surface area (Å²) in [5.74, 6) is 2.23. The maximum absolute atomic E-state index is 4.43. The van der Waals surface area contributed by atoms with Gasteiger partial charge in [0.25, 0.3) is 0 Å². The zero-order valence-electron chi connectivity index (χ0n) is 12.5. The number of imidazole rings is 1. The Balaban J connectivity index is 2.13. The van der Waals surface area contributed by atoms with Crippen LogP contribution in [-0.4, -0.2) is 21.8 Å². The van der Waals surface area contributed by atoms with Crippen LogP contribution in [0.15, 0.2) is 41.6 Å². The van der Waals surface area contributed by atoms with Gasteiger partial charge in [-0.1, -0.05) is 26.0 Å². The van der Waals surface area contributed by atoms with Crippen LogP contribution in [0, 0.1) is 0 Å². The number of likely N-dealkylation sites (N-methyl/N-ethyl adjacent to an activating group) is 1. The lowest BCUT2D eigenvalue weighted by atomic mass is 10.0. The summed E-state index contributed by atoms with van der Waals surface area (Å²) in [6.07, 6.45) is 4.77. The molecular weight excluding hydrogens is 266 g/mol. The molecule has 0 bridgehead atoms. The molecular formula is C16H23N3S. The van der Waals surface area contributed by atoms with E-state index in [4.69, 9.17) is 0 Å². The highest BCUT2D eigenvalue weighted by molar-refractivity contribution is 7.99. The molecule has 0 saturated heterocycles. The van der Waals surface area contributed by atoms with Crippen LogP contribution in [-0.2, 0) is 13.5 Å². The maximum atomic E-state index is 4.43. The van der Waals surface area contributed by atoms with E-state index in [1.54, 1.807) is 0 Å². The molecule has 20 heavy (non-hydrogen) atoms. The second-order valence-corrected chi connectivity index (χ2v) is 6.11. The summed E-state index contributed by atoms with van der Waals surface area (Å²) in [6.45, 7) is 5.29. The Labute approximate surface area is 125 Å². The van der Waals surface area contributed by atoms with Gasteiger partial charge in [-0.2, -0.15) is 0 Å². The van der Waals surface area contributed by atoms with Crippen molar-refractivity contribution in [2.75, 3.05) is 12.3 Å². The molecule has 0 aliphatic carbocycles. The molecule has 0 aliphatic rings. The Kier molecular flexibility index (Phi) is 5.68. The first-order chi connectivity index (χ1) is 9.74. The molecule has 1 atom stereocenters. The lowest BCUT2D eigenvalue weighted by molar-refractivity contribution is 0.529. The second-order valence-electron chi connectivity index (χ2n) is 4.77. The summed E-state index contributed by atoms with van der Waals surface area (Å²) in [5, 5.41) is 3.56. The number of hydrogen-bond donors (Lipinski definition) is 1. The molecule has 0 spiro atoms. The van der Waals surface area contributed by atoms with Crippen molar-refractivity contribution in [1.29, 1.82) is 0 Å². The smallest absolute Gasteiger partial charge is 0.110 e. The molecule has 4 heteroatoms. The Hall–Kier alpha value is -1.26. The van der Waals surface area contributed by atoms with Crippen LogP contribution in [0.3, 0.4) is 0 Å². The number of rotatable bonds is 7. The van der Waals surface area contributed by atoms with Crippen molar-refractivity contribution in [3.8, 4) is 0 Å². The largest absolute Gasteiger partial charge is 0.338 e. The van der Waals surface area contributed by atoms with Gasteiger partial charge in [-0.15, -0.1) is 11.8 Å². The van der Waals surface area contributed by atoms with E-state index in [0.29, 0.717) is 6.04 Å². The fraction of sp³-hybridized carbons (Fsp3) is 0.438.